The number of carbonyl (C=O) groups is 1. The van der Waals surface area contributed by atoms with E-state index in [2.05, 4.69) is 42.2 Å². The third-order valence-electron chi connectivity index (χ3n) is 2.33. The first-order valence-electron chi connectivity index (χ1n) is 5.16. The number of hydrogen-bond donors (Lipinski definition) is 1. The molecule has 2 rings (SSSR count). The highest BCUT2D eigenvalue weighted by molar-refractivity contribution is 9.10. The lowest BCUT2D eigenvalue weighted by Crippen LogP contribution is -2.13. The molecule has 2 aromatic rings. The number of anilines is 1. The monoisotopic (exact) mass is 456 g/mol. The zero-order valence-electron chi connectivity index (χ0n) is 9.55. The molecule has 1 amide bonds. The molecular formula is C12H5Br2Cl3N2O. The van der Waals surface area contributed by atoms with Gasteiger partial charge in [0, 0.05) is 15.1 Å². The van der Waals surface area contributed by atoms with Crippen LogP contribution < -0.4 is 5.32 Å². The van der Waals surface area contributed by atoms with Crippen LogP contribution in [-0.4, -0.2) is 10.9 Å². The molecule has 0 saturated heterocycles. The van der Waals surface area contributed by atoms with Crippen LogP contribution in [0.25, 0.3) is 0 Å². The van der Waals surface area contributed by atoms with Gasteiger partial charge in [0.1, 0.15) is 5.15 Å². The van der Waals surface area contributed by atoms with Gasteiger partial charge in [0.25, 0.3) is 5.91 Å². The highest BCUT2D eigenvalue weighted by atomic mass is 79.9. The van der Waals surface area contributed by atoms with Gasteiger partial charge in [0.05, 0.1) is 21.3 Å². The van der Waals surface area contributed by atoms with Crippen LogP contribution in [0, 0.1) is 0 Å². The van der Waals surface area contributed by atoms with Crippen molar-refractivity contribution in [2.24, 2.45) is 0 Å². The highest BCUT2D eigenvalue weighted by Gasteiger charge is 2.15. The Morgan fingerprint density at radius 3 is 2.55 bits per heavy atom. The van der Waals surface area contributed by atoms with Crippen LogP contribution in [0.2, 0.25) is 15.2 Å². The van der Waals surface area contributed by atoms with E-state index in [0.29, 0.717) is 19.7 Å². The Bertz CT molecular complexity index is 695. The van der Waals surface area contributed by atoms with Crippen LogP contribution in [0.1, 0.15) is 10.4 Å². The van der Waals surface area contributed by atoms with Gasteiger partial charge in [-0.25, -0.2) is 4.98 Å². The maximum Gasteiger partial charge on any atom is 0.258 e. The number of hydrogen-bond acceptors (Lipinski definition) is 2. The lowest BCUT2D eigenvalue weighted by molar-refractivity contribution is 0.102. The number of rotatable bonds is 2. The van der Waals surface area contributed by atoms with Gasteiger partial charge in [-0.2, -0.15) is 0 Å². The first kappa shape index (κ1) is 16.0. The lowest BCUT2D eigenvalue weighted by atomic mass is 10.2. The average molecular weight is 459 g/mol. The van der Waals surface area contributed by atoms with Gasteiger partial charge in [0.2, 0.25) is 0 Å². The summed E-state index contributed by atoms with van der Waals surface area (Å²) in [5.41, 5.74) is 0.622. The van der Waals surface area contributed by atoms with Crippen molar-refractivity contribution in [3.05, 3.63) is 54.1 Å². The standard InChI is InChI=1S/C12H5Br2Cl3N2O/c13-5-3-6(11(17)18-4-5)12(20)19-8-2-1-7(14)9(15)10(8)16/h1-4H,(H,19,20). The summed E-state index contributed by atoms with van der Waals surface area (Å²) in [7, 11) is 0. The summed E-state index contributed by atoms with van der Waals surface area (Å²) < 4.78 is 1.29. The molecule has 1 aromatic heterocycles. The Labute approximate surface area is 146 Å². The molecule has 8 heteroatoms. The molecular weight excluding hydrogens is 454 g/mol. The molecule has 0 atom stereocenters. The number of pyridine rings is 1. The SMILES string of the molecule is O=C(Nc1ccc(Br)c(Cl)c1Cl)c1cc(Br)cnc1Cl. The van der Waals surface area contributed by atoms with Gasteiger partial charge in [-0.15, -0.1) is 0 Å². The van der Waals surface area contributed by atoms with Gasteiger partial charge in [-0.1, -0.05) is 34.8 Å². The van der Waals surface area contributed by atoms with Crippen molar-refractivity contribution in [2.75, 3.05) is 5.32 Å². The topological polar surface area (TPSA) is 42.0 Å². The molecule has 1 heterocycles. The summed E-state index contributed by atoms with van der Waals surface area (Å²) in [6.45, 7) is 0. The van der Waals surface area contributed by atoms with Gasteiger partial charge < -0.3 is 5.32 Å². The average Bonchev–Trinajstić information content (AvgIpc) is 2.42. The van der Waals surface area contributed by atoms with Crippen LogP contribution in [-0.2, 0) is 0 Å². The number of benzene rings is 1. The summed E-state index contributed by atoms with van der Waals surface area (Å²) in [4.78, 5) is 16.1. The summed E-state index contributed by atoms with van der Waals surface area (Å²) in [5, 5.41) is 3.31. The maximum absolute atomic E-state index is 12.2. The van der Waals surface area contributed by atoms with E-state index in [4.69, 9.17) is 34.8 Å². The molecule has 0 spiro atoms. The zero-order chi connectivity index (χ0) is 14.9. The molecule has 0 unspecified atom stereocenters. The number of aromatic nitrogens is 1. The molecule has 0 aliphatic rings. The molecule has 20 heavy (non-hydrogen) atoms. The van der Waals surface area contributed by atoms with Crippen molar-refractivity contribution in [1.82, 2.24) is 4.98 Å². The molecule has 0 radical (unpaired) electrons. The van der Waals surface area contributed by atoms with Gasteiger partial charge in [0.15, 0.2) is 0 Å². The van der Waals surface area contributed by atoms with E-state index in [1.807, 2.05) is 0 Å². The Morgan fingerprint density at radius 1 is 1.15 bits per heavy atom. The lowest BCUT2D eigenvalue weighted by Gasteiger charge is -2.10. The third-order valence-corrected chi connectivity index (χ3v) is 4.84. The molecule has 0 saturated carbocycles. The van der Waals surface area contributed by atoms with E-state index in [0.717, 1.165) is 0 Å². The summed E-state index contributed by atoms with van der Waals surface area (Å²) in [6.07, 6.45) is 1.50. The van der Waals surface area contributed by atoms with E-state index in [-0.39, 0.29) is 15.7 Å². The van der Waals surface area contributed by atoms with Crippen LogP contribution >= 0.6 is 66.7 Å². The molecule has 0 fully saturated rings. The van der Waals surface area contributed by atoms with Gasteiger partial charge in [-0.3, -0.25) is 4.79 Å². The number of carbonyl (C=O) groups excluding carboxylic acids is 1. The predicted molar refractivity (Wildman–Crippen MR) is 89.1 cm³/mol. The molecule has 0 aliphatic carbocycles. The Morgan fingerprint density at radius 2 is 1.85 bits per heavy atom. The fraction of sp³-hybridized carbons (Fsp3) is 0. The van der Waals surface area contributed by atoms with E-state index in [1.54, 1.807) is 18.2 Å². The minimum Gasteiger partial charge on any atom is -0.320 e. The van der Waals surface area contributed by atoms with E-state index in [1.165, 1.54) is 6.20 Å². The van der Waals surface area contributed by atoms with E-state index >= 15 is 0 Å². The fourth-order valence-corrected chi connectivity index (χ4v) is 2.74. The summed E-state index contributed by atoms with van der Waals surface area (Å²) >= 11 is 24.4. The van der Waals surface area contributed by atoms with Crippen molar-refractivity contribution in [2.45, 2.75) is 0 Å². The molecule has 3 nitrogen and oxygen atoms in total. The van der Waals surface area contributed by atoms with Gasteiger partial charge >= 0.3 is 0 Å². The second kappa shape index (κ2) is 6.62. The van der Waals surface area contributed by atoms with Crippen molar-refractivity contribution in [3.8, 4) is 0 Å². The molecule has 104 valence electrons. The minimum absolute atomic E-state index is 0.102. The number of nitrogens with zero attached hydrogens (tertiary/aromatic N) is 1. The Hall–Kier alpha value is -0.330. The van der Waals surface area contributed by atoms with Crippen LogP contribution in [0.4, 0.5) is 5.69 Å². The third kappa shape index (κ3) is 3.46. The minimum atomic E-state index is -0.427. The second-order valence-corrected chi connectivity index (χ2v) is 6.55. The smallest absolute Gasteiger partial charge is 0.258 e. The highest BCUT2D eigenvalue weighted by Crippen LogP contribution is 2.36. The second-order valence-electron chi connectivity index (χ2n) is 3.67. The van der Waals surface area contributed by atoms with Crippen molar-refractivity contribution in [1.29, 1.82) is 0 Å². The Kier molecular flexibility index (Phi) is 5.31. The van der Waals surface area contributed by atoms with E-state index in [9.17, 15) is 4.79 Å². The van der Waals surface area contributed by atoms with E-state index < -0.39 is 5.91 Å². The summed E-state index contributed by atoms with van der Waals surface area (Å²) in [5.74, 6) is -0.427. The number of amides is 1. The zero-order valence-corrected chi connectivity index (χ0v) is 15.0. The molecule has 1 aromatic carbocycles. The molecule has 0 aliphatic heterocycles. The largest absolute Gasteiger partial charge is 0.320 e. The predicted octanol–water partition coefficient (Wildman–Crippen LogP) is 5.82. The number of nitrogens with one attached hydrogen (secondary N) is 1. The Balaban J connectivity index is 2.33. The van der Waals surface area contributed by atoms with Crippen molar-refractivity contribution < 1.29 is 4.79 Å². The first-order chi connectivity index (χ1) is 9.40. The quantitative estimate of drug-likeness (QED) is 0.454. The molecule has 0 bridgehead atoms. The van der Waals surface area contributed by atoms with Crippen LogP contribution in [0.5, 0.6) is 0 Å². The maximum atomic E-state index is 12.2. The number of halogens is 5. The summed E-state index contributed by atoms with van der Waals surface area (Å²) in [6, 6.07) is 4.89. The normalized spacial score (nSPS) is 10.4. The fourth-order valence-electron chi connectivity index (χ4n) is 1.39. The first-order valence-corrected chi connectivity index (χ1v) is 7.88. The van der Waals surface area contributed by atoms with Gasteiger partial charge in [-0.05, 0) is 50.1 Å². The van der Waals surface area contributed by atoms with Crippen molar-refractivity contribution in [3.63, 3.8) is 0 Å². The van der Waals surface area contributed by atoms with Crippen LogP contribution in [0.3, 0.4) is 0 Å². The van der Waals surface area contributed by atoms with Crippen molar-refractivity contribution >= 4 is 78.3 Å². The van der Waals surface area contributed by atoms with Crippen LogP contribution in [0.15, 0.2) is 33.3 Å². The molecule has 1 N–H and O–H groups in total.